The van der Waals surface area contributed by atoms with Gasteiger partial charge < -0.3 is 50.5 Å². The Kier molecular flexibility index (Phi) is 63.7. The van der Waals surface area contributed by atoms with Gasteiger partial charge in [0.25, 0.3) is 0 Å². The van der Waals surface area contributed by atoms with Crippen molar-refractivity contribution in [2.45, 2.75) is 142 Å². The summed E-state index contributed by atoms with van der Waals surface area (Å²) in [4.78, 5) is 43.1. The molecule has 0 saturated heterocycles. The Morgan fingerprint density at radius 1 is 0.425 bits per heavy atom. The quantitative estimate of drug-likeness (QED) is 0.0512. The van der Waals surface area contributed by atoms with Crippen molar-refractivity contribution in [3.63, 3.8) is 0 Å². The highest BCUT2D eigenvalue weighted by Gasteiger charge is 2.00. The molecule has 0 rings (SSSR count). The molecule has 0 aromatic heterocycles. The highest BCUT2D eigenvalue weighted by atomic mass is 31.2. The molecule has 0 aromatic carbocycles. The van der Waals surface area contributed by atoms with Crippen LogP contribution in [0.2, 0.25) is 0 Å². The molecule has 0 saturated carbocycles. The molecule has 0 aliphatic rings. The van der Waals surface area contributed by atoms with Gasteiger partial charge in [0.05, 0.1) is 0 Å². The van der Waals surface area contributed by atoms with Gasteiger partial charge in [0.15, 0.2) is 0 Å². The maximum atomic E-state index is 8.88. The molecule has 12 nitrogen and oxygen atoms in total. The van der Waals surface area contributed by atoms with E-state index in [1.807, 2.05) is 0 Å². The molecule has 0 bridgehead atoms. The van der Waals surface area contributed by atoms with E-state index in [0.717, 1.165) is 13.2 Å². The minimum absolute atomic E-state index is 0. The number of rotatable bonds is 22. The maximum absolute atomic E-state index is 8.88. The van der Waals surface area contributed by atoms with Crippen LogP contribution in [-0.4, -0.2) is 59.0 Å². The average molecular weight is 633 g/mol. The predicted molar refractivity (Wildman–Crippen MR) is 165 cm³/mol. The second-order valence-electron chi connectivity index (χ2n) is 9.00. The molecule has 0 unspecified atom stereocenters. The molecule has 0 spiro atoms. The number of hydrogen-bond donors (Lipinski definition) is 6. The molecule has 0 heterocycles. The first-order chi connectivity index (χ1) is 17.4. The fourth-order valence-corrected chi connectivity index (χ4v) is 3.49. The molecule has 14 heteroatoms. The summed E-state index contributed by atoms with van der Waals surface area (Å²) in [5.74, 6) is 0. The summed E-state index contributed by atoms with van der Waals surface area (Å²) in [5, 5.41) is 0. The van der Waals surface area contributed by atoms with Crippen LogP contribution in [0.25, 0.3) is 0 Å². The third-order valence-corrected chi connectivity index (χ3v) is 5.28. The van der Waals surface area contributed by atoms with Gasteiger partial charge in [0.2, 0.25) is 0 Å². The van der Waals surface area contributed by atoms with Crippen LogP contribution in [0, 0.1) is 0 Å². The minimum Gasteiger partial charge on any atom is -0.412 e. The SMILES string of the molecule is C=C.CCCCCCCCCCCCOCCCCCCCCCCCC.O.O.O.O=P(O)(O)O.O=P(O)(O)O. The van der Waals surface area contributed by atoms with Crippen LogP contribution < -0.4 is 0 Å². The molecule has 0 aliphatic heterocycles. The predicted octanol–water partition coefficient (Wildman–Crippen LogP) is 5.32. The van der Waals surface area contributed by atoms with Gasteiger partial charge in [-0.15, -0.1) is 13.2 Å². The molecule has 0 radical (unpaired) electrons. The van der Waals surface area contributed by atoms with Gasteiger partial charge in [-0.3, -0.25) is 0 Å². The fourth-order valence-electron chi connectivity index (χ4n) is 3.49. The van der Waals surface area contributed by atoms with E-state index < -0.39 is 15.6 Å². The Hall–Kier alpha value is -0.200. The summed E-state index contributed by atoms with van der Waals surface area (Å²) in [6.45, 7) is 12.6. The van der Waals surface area contributed by atoms with Gasteiger partial charge in [-0.25, -0.2) is 9.13 Å². The summed E-state index contributed by atoms with van der Waals surface area (Å²) in [6.07, 6.45) is 28.2. The minimum atomic E-state index is -4.64. The van der Waals surface area contributed by atoms with Crippen LogP contribution in [0.5, 0.6) is 0 Å². The van der Waals surface area contributed by atoms with E-state index in [1.165, 1.54) is 128 Å². The Bertz CT molecular complexity index is 444. The lowest BCUT2D eigenvalue weighted by molar-refractivity contribution is 0.125. The Morgan fingerprint density at radius 3 is 0.750 bits per heavy atom. The van der Waals surface area contributed by atoms with E-state index in [-0.39, 0.29) is 16.4 Å². The highest BCUT2D eigenvalue weighted by molar-refractivity contribution is 7.45. The number of phosphoric acid groups is 2. The third kappa shape index (κ3) is 108. The standard InChI is InChI=1S/C24H50O.C2H4.2H3O4P.3H2O/c1-3-5-7-9-11-13-15-17-19-21-23-25-24-22-20-18-16-14-12-10-8-6-4-2;1-2;2*1-5(2,3)4;;;/h3-24H2,1-2H3;1-2H2;2*(H3,1,2,3,4);3*1H2. The number of hydrogen-bond acceptors (Lipinski definition) is 3. The van der Waals surface area contributed by atoms with Crippen molar-refractivity contribution in [1.82, 2.24) is 0 Å². The average Bonchev–Trinajstić information content (AvgIpc) is 2.79. The van der Waals surface area contributed by atoms with Crippen molar-refractivity contribution in [3.05, 3.63) is 13.2 Å². The summed E-state index contributed by atoms with van der Waals surface area (Å²) in [5.41, 5.74) is 0. The summed E-state index contributed by atoms with van der Waals surface area (Å²) in [6, 6.07) is 0. The van der Waals surface area contributed by atoms with E-state index in [9.17, 15) is 0 Å². The zero-order valence-electron chi connectivity index (χ0n) is 25.3. The lowest BCUT2D eigenvalue weighted by atomic mass is 10.1. The van der Waals surface area contributed by atoms with Crippen LogP contribution in [0.15, 0.2) is 13.2 Å². The van der Waals surface area contributed by atoms with Gasteiger partial charge in [0.1, 0.15) is 0 Å². The van der Waals surface area contributed by atoms with Gasteiger partial charge in [0, 0.05) is 13.2 Å². The zero-order chi connectivity index (χ0) is 29.3. The van der Waals surface area contributed by atoms with Crippen molar-refractivity contribution in [3.8, 4) is 0 Å². The molecule has 0 aliphatic carbocycles. The molecular weight excluding hydrogens is 566 g/mol. The maximum Gasteiger partial charge on any atom is 0.466 e. The molecular formula is C26H66O12P2. The van der Waals surface area contributed by atoms with Crippen LogP contribution in [0.3, 0.4) is 0 Å². The molecule has 0 atom stereocenters. The highest BCUT2D eigenvalue weighted by Crippen LogP contribution is 2.26. The Labute approximate surface area is 244 Å². The van der Waals surface area contributed by atoms with Gasteiger partial charge in [-0.1, -0.05) is 129 Å². The number of unbranched alkanes of at least 4 members (excludes halogenated alkanes) is 18. The fraction of sp³-hybridized carbons (Fsp3) is 0.923. The zero-order valence-corrected chi connectivity index (χ0v) is 27.1. The van der Waals surface area contributed by atoms with Crippen molar-refractivity contribution in [1.29, 1.82) is 0 Å². The second-order valence-corrected chi connectivity index (χ2v) is 11.1. The largest absolute Gasteiger partial charge is 0.466 e. The second kappa shape index (κ2) is 45.8. The van der Waals surface area contributed by atoms with Crippen LogP contribution in [0.4, 0.5) is 0 Å². The summed E-state index contributed by atoms with van der Waals surface area (Å²) >= 11 is 0. The van der Waals surface area contributed by atoms with Crippen LogP contribution in [-0.2, 0) is 13.9 Å². The van der Waals surface area contributed by atoms with Gasteiger partial charge >= 0.3 is 15.6 Å². The summed E-state index contributed by atoms with van der Waals surface area (Å²) < 4.78 is 23.5. The molecule has 252 valence electrons. The molecule has 0 amide bonds. The topological polar surface area (TPSA) is 259 Å². The van der Waals surface area contributed by atoms with Crippen molar-refractivity contribution in [2.24, 2.45) is 0 Å². The molecule has 12 N–H and O–H groups in total. The lowest BCUT2D eigenvalue weighted by Gasteiger charge is -2.05. The van der Waals surface area contributed by atoms with Crippen molar-refractivity contribution < 1.29 is 59.7 Å². The molecule has 0 fully saturated rings. The Morgan fingerprint density at radius 2 is 0.575 bits per heavy atom. The van der Waals surface area contributed by atoms with Crippen LogP contribution >= 0.6 is 15.6 Å². The summed E-state index contributed by atoms with van der Waals surface area (Å²) in [7, 11) is -9.28. The van der Waals surface area contributed by atoms with E-state index in [0.29, 0.717) is 0 Å². The van der Waals surface area contributed by atoms with E-state index in [2.05, 4.69) is 27.0 Å². The lowest BCUT2D eigenvalue weighted by Crippen LogP contribution is -1.97. The first-order valence-corrected chi connectivity index (χ1v) is 17.2. The van der Waals surface area contributed by atoms with E-state index >= 15 is 0 Å². The van der Waals surface area contributed by atoms with Gasteiger partial charge in [-0.2, -0.15) is 0 Å². The Balaban J connectivity index is -0.000000122. The number of ether oxygens (including phenoxy) is 1. The first-order valence-electron chi connectivity index (χ1n) is 14.1. The smallest absolute Gasteiger partial charge is 0.412 e. The normalized spacial score (nSPS) is 10.1. The molecule has 0 aromatic rings. The third-order valence-electron chi connectivity index (χ3n) is 5.28. The monoisotopic (exact) mass is 632 g/mol. The molecule has 40 heavy (non-hydrogen) atoms. The van der Waals surface area contributed by atoms with E-state index in [4.69, 9.17) is 43.2 Å². The van der Waals surface area contributed by atoms with Crippen molar-refractivity contribution >= 4 is 15.6 Å². The van der Waals surface area contributed by atoms with Gasteiger partial charge in [-0.05, 0) is 12.8 Å². The van der Waals surface area contributed by atoms with Crippen molar-refractivity contribution in [2.75, 3.05) is 13.2 Å². The van der Waals surface area contributed by atoms with E-state index in [1.54, 1.807) is 0 Å². The first kappa shape index (κ1) is 55.7. The van der Waals surface area contributed by atoms with Crippen LogP contribution in [0.1, 0.15) is 142 Å².